The Morgan fingerprint density at radius 2 is 2.05 bits per heavy atom. The van der Waals surface area contributed by atoms with Gasteiger partial charge >= 0.3 is 5.69 Å². The maximum Gasteiger partial charge on any atom is 0.312 e. The summed E-state index contributed by atoms with van der Waals surface area (Å²) >= 11 is 6.57. The van der Waals surface area contributed by atoms with Crippen LogP contribution in [0.15, 0.2) is 39.4 Å². The van der Waals surface area contributed by atoms with Gasteiger partial charge in [0.05, 0.1) is 10.6 Å². The standard InChI is InChI=1S/C12H9Br2N3O2/c1-7-2-3-9(14)10(4-7)16-12-11(17(18)19)5-8(13)6-15-12/h2-6H,1H3,(H,15,16). The zero-order valence-corrected chi connectivity index (χ0v) is 13.0. The van der Waals surface area contributed by atoms with Crippen molar-refractivity contribution in [1.82, 2.24) is 4.98 Å². The van der Waals surface area contributed by atoms with Crippen molar-refractivity contribution in [3.05, 3.63) is 55.1 Å². The first-order valence-corrected chi connectivity index (χ1v) is 6.89. The van der Waals surface area contributed by atoms with Gasteiger partial charge < -0.3 is 5.32 Å². The lowest BCUT2D eigenvalue weighted by Gasteiger charge is -2.09. The van der Waals surface area contributed by atoms with Crippen molar-refractivity contribution in [2.45, 2.75) is 6.92 Å². The maximum absolute atomic E-state index is 11.0. The highest BCUT2D eigenvalue weighted by Gasteiger charge is 2.16. The van der Waals surface area contributed by atoms with E-state index in [4.69, 9.17) is 0 Å². The van der Waals surface area contributed by atoms with Crippen LogP contribution in [-0.2, 0) is 0 Å². The number of benzene rings is 1. The van der Waals surface area contributed by atoms with Gasteiger partial charge in [0.2, 0.25) is 5.82 Å². The number of rotatable bonds is 3. The number of nitrogens with zero attached hydrogens (tertiary/aromatic N) is 2. The molecule has 0 aliphatic heterocycles. The van der Waals surface area contributed by atoms with Crippen LogP contribution in [-0.4, -0.2) is 9.91 Å². The highest BCUT2D eigenvalue weighted by molar-refractivity contribution is 9.10. The molecule has 0 aliphatic carbocycles. The summed E-state index contributed by atoms with van der Waals surface area (Å²) < 4.78 is 1.38. The average molecular weight is 387 g/mol. The van der Waals surface area contributed by atoms with Gasteiger partial charge in [-0.25, -0.2) is 4.98 Å². The van der Waals surface area contributed by atoms with Gasteiger partial charge in [-0.15, -0.1) is 0 Å². The molecule has 0 fully saturated rings. The Labute approximate surface area is 126 Å². The Morgan fingerprint density at radius 3 is 2.74 bits per heavy atom. The normalized spacial score (nSPS) is 10.3. The summed E-state index contributed by atoms with van der Waals surface area (Å²) in [6.07, 6.45) is 1.51. The van der Waals surface area contributed by atoms with Crippen LogP contribution in [0.4, 0.5) is 17.2 Å². The molecular formula is C12H9Br2N3O2. The summed E-state index contributed by atoms with van der Waals surface area (Å²) in [6.45, 7) is 1.95. The summed E-state index contributed by atoms with van der Waals surface area (Å²) in [5.41, 5.74) is 1.70. The summed E-state index contributed by atoms with van der Waals surface area (Å²) in [6, 6.07) is 7.12. The number of nitrogens with one attached hydrogen (secondary N) is 1. The number of anilines is 2. The molecule has 0 unspecified atom stereocenters. The Morgan fingerprint density at radius 1 is 1.32 bits per heavy atom. The molecule has 0 amide bonds. The third kappa shape index (κ3) is 3.30. The van der Waals surface area contributed by atoms with Gasteiger partial charge in [0.15, 0.2) is 0 Å². The number of pyridine rings is 1. The molecule has 0 bridgehead atoms. The molecule has 0 saturated heterocycles. The van der Waals surface area contributed by atoms with E-state index in [2.05, 4.69) is 42.2 Å². The van der Waals surface area contributed by atoms with Crippen molar-refractivity contribution in [3.63, 3.8) is 0 Å². The van der Waals surface area contributed by atoms with Gasteiger partial charge in [-0.1, -0.05) is 6.07 Å². The minimum Gasteiger partial charge on any atom is -0.334 e. The molecule has 0 atom stereocenters. The van der Waals surface area contributed by atoms with E-state index >= 15 is 0 Å². The van der Waals surface area contributed by atoms with E-state index in [9.17, 15) is 10.1 Å². The van der Waals surface area contributed by atoms with Gasteiger partial charge in [0.1, 0.15) is 0 Å². The van der Waals surface area contributed by atoms with E-state index in [0.717, 1.165) is 15.7 Å². The smallest absolute Gasteiger partial charge is 0.312 e. The summed E-state index contributed by atoms with van der Waals surface area (Å²) in [4.78, 5) is 14.6. The molecule has 1 aromatic carbocycles. The Bertz CT molecular complexity index is 647. The highest BCUT2D eigenvalue weighted by Crippen LogP contribution is 2.31. The molecule has 0 radical (unpaired) electrons. The maximum atomic E-state index is 11.0. The first-order chi connectivity index (χ1) is 8.97. The lowest BCUT2D eigenvalue weighted by Crippen LogP contribution is -2.00. The molecule has 0 saturated carbocycles. The van der Waals surface area contributed by atoms with E-state index in [-0.39, 0.29) is 11.5 Å². The summed E-state index contributed by atoms with van der Waals surface area (Å²) in [5, 5.41) is 14.0. The van der Waals surface area contributed by atoms with Crippen LogP contribution in [0.1, 0.15) is 5.56 Å². The second-order valence-electron chi connectivity index (χ2n) is 3.89. The van der Waals surface area contributed by atoms with E-state index < -0.39 is 4.92 Å². The van der Waals surface area contributed by atoms with Crippen molar-refractivity contribution in [3.8, 4) is 0 Å². The number of halogens is 2. The van der Waals surface area contributed by atoms with Crippen LogP contribution < -0.4 is 5.32 Å². The predicted octanol–water partition coefficient (Wildman–Crippen LogP) is 4.57. The van der Waals surface area contributed by atoms with Gasteiger partial charge in [0, 0.05) is 21.2 Å². The van der Waals surface area contributed by atoms with Crippen LogP contribution in [0.3, 0.4) is 0 Å². The quantitative estimate of drug-likeness (QED) is 0.619. The molecule has 1 N–H and O–H groups in total. The number of aromatic nitrogens is 1. The first-order valence-electron chi connectivity index (χ1n) is 5.30. The third-order valence-corrected chi connectivity index (χ3v) is 3.53. The lowest BCUT2D eigenvalue weighted by molar-refractivity contribution is -0.384. The minimum absolute atomic E-state index is 0.0808. The lowest BCUT2D eigenvalue weighted by atomic mass is 10.2. The van der Waals surface area contributed by atoms with E-state index in [1.54, 1.807) is 0 Å². The zero-order valence-electron chi connectivity index (χ0n) is 9.85. The van der Waals surface area contributed by atoms with Crippen molar-refractivity contribution < 1.29 is 4.92 Å². The van der Waals surface area contributed by atoms with Gasteiger partial charge in [-0.05, 0) is 56.5 Å². The first kappa shape index (κ1) is 14.0. The highest BCUT2D eigenvalue weighted by atomic mass is 79.9. The molecule has 5 nitrogen and oxygen atoms in total. The molecule has 0 aliphatic rings. The number of aryl methyl sites for hydroxylation is 1. The van der Waals surface area contributed by atoms with E-state index in [1.165, 1.54) is 12.3 Å². The number of nitro groups is 1. The average Bonchev–Trinajstić information content (AvgIpc) is 2.35. The fourth-order valence-corrected chi connectivity index (χ4v) is 2.19. The fraction of sp³-hybridized carbons (Fsp3) is 0.0833. The Balaban J connectivity index is 2.43. The largest absolute Gasteiger partial charge is 0.334 e. The van der Waals surface area contributed by atoms with Crippen molar-refractivity contribution in [1.29, 1.82) is 0 Å². The summed E-state index contributed by atoms with van der Waals surface area (Å²) in [5.74, 6) is 0.208. The van der Waals surface area contributed by atoms with Crippen LogP contribution in [0, 0.1) is 17.0 Å². The Kier molecular flexibility index (Phi) is 4.16. The van der Waals surface area contributed by atoms with Crippen LogP contribution in [0.2, 0.25) is 0 Å². The molecule has 0 spiro atoms. The van der Waals surface area contributed by atoms with Crippen LogP contribution in [0.25, 0.3) is 0 Å². The summed E-state index contributed by atoms with van der Waals surface area (Å²) in [7, 11) is 0. The molecule has 19 heavy (non-hydrogen) atoms. The van der Waals surface area contributed by atoms with Crippen molar-refractivity contribution >= 4 is 49.1 Å². The molecule has 7 heteroatoms. The van der Waals surface area contributed by atoms with Crippen molar-refractivity contribution in [2.75, 3.05) is 5.32 Å². The van der Waals surface area contributed by atoms with Gasteiger partial charge in [-0.2, -0.15) is 0 Å². The SMILES string of the molecule is Cc1ccc(Br)c(Nc2ncc(Br)cc2[N+](=O)[O-])c1. The second-order valence-corrected chi connectivity index (χ2v) is 5.66. The van der Waals surface area contributed by atoms with Gasteiger partial charge in [-0.3, -0.25) is 10.1 Å². The molecular weight excluding hydrogens is 378 g/mol. The number of hydrogen-bond donors (Lipinski definition) is 1. The van der Waals surface area contributed by atoms with Gasteiger partial charge in [0.25, 0.3) is 0 Å². The van der Waals surface area contributed by atoms with Crippen LogP contribution in [0.5, 0.6) is 0 Å². The third-order valence-electron chi connectivity index (χ3n) is 2.41. The predicted molar refractivity (Wildman–Crippen MR) is 80.8 cm³/mol. The second kappa shape index (κ2) is 5.66. The monoisotopic (exact) mass is 385 g/mol. The molecule has 1 heterocycles. The van der Waals surface area contributed by atoms with Crippen LogP contribution >= 0.6 is 31.9 Å². The topological polar surface area (TPSA) is 68.1 Å². The zero-order chi connectivity index (χ0) is 14.0. The molecule has 2 rings (SSSR count). The minimum atomic E-state index is -0.468. The molecule has 98 valence electrons. The Hall–Kier alpha value is -1.47. The van der Waals surface area contributed by atoms with E-state index in [0.29, 0.717) is 4.47 Å². The van der Waals surface area contributed by atoms with E-state index in [1.807, 2.05) is 25.1 Å². The molecule has 2 aromatic rings. The fourth-order valence-electron chi connectivity index (χ4n) is 1.53. The number of hydrogen-bond acceptors (Lipinski definition) is 4. The molecule has 1 aromatic heterocycles. The van der Waals surface area contributed by atoms with Crippen molar-refractivity contribution in [2.24, 2.45) is 0 Å².